The number of fused-ring (bicyclic) bond motifs is 3. The molecule has 1 amide bonds. The van der Waals surface area contributed by atoms with Crippen LogP contribution in [0.15, 0.2) is 0 Å². The number of hydrogen-bond acceptors (Lipinski definition) is 4. The van der Waals surface area contributed by atoms with E-state index in [1.807, 2.05) is 11.8 Å². The fraction of sp³-hybridized carbons (Fsp3) is 0.933. The minimum atomic E-state index is -0.425. The molecule has 0 bridgehead atoms. The van der Waals surface area contributed by atoms with Gasteiger partial charge in [-0.05, 0) is 31.6 Å². The second-order valence-corrected chi connectivity index (χ2v) is 7.82. The summed E-state index contributed by atoms with van der Waals surface area (Å²) < 4.78 is 5.51. The predicted molar refractivity (Wildman–Crippen MR) is 85.3 cm³/mol. The van der Waals surface area contributed by atoms with Gasteiger partial charge in [0.15, 0.2) is 0 Å². The molecule has 2 saturated heterocycles. The largest absolute Gasteiger partial charge is 0.387 e. The SMILES string of the molecule is COC1CC2C3CN(C(=O)CO)[C@H](C)CC3NC2C(Cl)C1Cl. The number of halogens is 2. The highest BCUT2D eigenvalue weighted by molar-refractivity contribution is 6.30. The molecule has 1 saturated carbocycles. The van der Waals surface area contributed by atoms with Crippen molar-refractivity contribution >= 4 is 29.1 Å². The normalized spacial score (nSPS) is 48.0. The molecule has 0 aromatic rings. The molecule has 1 aliphatic carbocycles. The van der Waals surface area contributed by atoms with E-state index in [2.05, 4.69) is 5.32 Å². The smallest absolute Gasteiger partial charge is 0.248 e. The molecule has 126 valence electrons. The number of aliphatic hydroxyl groups excluding tert-OH is 1. The molecular formula is C15H24Cl2N2O3. The number of hydrogen-bond donors (Lipinski definition) is 2. The molecular weight excluding hydrogens is 327 g/mol. The molecule has 22 heavy (non-hydrogen) atoms. The van der Waals surface area contributed by atoms with Gasteiger partial charge >= 0.3 is 0 Å². The lowest BCUT2D eigenvalue weighted by Crippen LogP contribution is -2.53. The molecule has 8 atom stereocenters. The first-order chi connectivity index (χ1) is 10.5. The van der Waals surface area contributed by atoms with Gasteiger partial charge in [-0.1, -0.05) is 0 Å². The highest BCUT2D eigenvalue weighted by atomic mass is 35.5. The number of aliphatic hydroxyl groups is 1. The Bertz CT molecular complexity index is 439. The third-order valence-corrected chi connectivity index (χ3v) is 6.96. The van der Waals surface area contributed by atoms with Crippen LogP contribution < -0.4 is 5.32 Å². The van der Waals surface area contributed by atoms with Crippen LogP contribution in [-0.2, 0) is 9.53 Å². The molecule has 7 heteroatoms. The lowest BCUT2D eigenvalue weighted by Gasteiger charge is -2.43. The van der Waals surface area contributed by atoms with E-state index in [1.54, 1.807) is 7.11 Å². The van der Waals surface area contributed by atoms with Crippen LogP contribution in [0.1, 0.15) is 19.8 Å². The molecule has 3 aliphatic rings. The van der Waals surface area contributed by atoms with Crippen molar-refractivity contribution in [3.8, 4) is 0 Å². The first kappa shape index (κ1) is 16.8. The van der Waals surface area contributed by atoms with Crippen molar-refractivity contribution in [3.63, 3.8) is 0 Å². The molecule has 0 aromatic carbocycles. The molecule has 0 spiro atoms. The van der Waals surface area contributed by atoms with Crippen LogP contribution in [0.3, 0.4) is 0 Å². The van der Waals surface area contributed by atoms with Crippen LogP contribution in [0, 0.1) is 11.8 Å². The summed E-state index contributed by atoms with van der Waals surface area (Å²) in [5.74, 6) is 0.514. The Morgan fingerprint density at radius 1 is 1.32 bits per heavy atom. The van der Waals surface area contributed by atoms with E-state index in [9.17, 15) is 4.79 Å². The number of likely N-dealkylation sites (tertiary alicyclic amines) is 1. The average molecular weight is 351 g/mol. The highest BCUT2D eigenvalue weighted by Crippen LogP contribution is 2.45. The fourth-order valence-corrected chi connectivity index (χ4v) is 5.37. The standard InChI is InChI=1S/C15H24Cl2N2O3/c1-7-3-10-9(5-19(7)12(21)6-20)8-4-11(22-2)13(16)14(17)15(8)18-10/h7-11,13-15,18,20H,3-6H2,1-2H3/t7-,8?,9?,10?,11?,13?,14?,15?/m1/s1. The third kappa shape index (κ3) is 2.65. The van der Waals surface area contributed by atoms with Crippen molar-refractivity contribution in [2.45, 2.75) is 54.7 Å². The minimum absolute atomic E-state index is 0.0488. The van der Waals surface area contributed by atoms with E-state index in [0.717, 1.165) is 12.8 Å². The van der Waals surface area contributed by atoms with Gasteiger partial charge in [-0.15, -0.1) is 23.2 Å². The summed E-state index contributed by atoms with van der Waals surface area (Å²) in [6, 6.07) is 0.655. The molecule has 2 heterocycles. The van der Waals surface area contributed by atoms with Crippen LogP contribution in [-0.4, -0.2) is 71.2 Å². The zero-order chi connectivity index (χ0) is 16.0. The van der Waals surface area contributed by atoms with E-state index >= 15 is 0 Å². The van der Waals surface area contributed by atoms with Gasteiger partial charge < -0.3 is 20.1 Å². The van der Waals surface area contributed by atoms with E-state index in [0.29, 0.717) is 24.4 Å². The van der Waals surface area contributed by atoms with Crippen molar-refractivity contribution < 1.29 is 14.6 Å². The Kier molecular flexibility index (Phi) is 4.91. The number of piperidine rings is 1. The van der Waals surface area contributed by atoms with Crippen LogP contribution in [0.5, 0.6) is 0 Å². The summed E-state index contributed by atoms with van der Waals surface area (Å²) in [7, 11) is 1.67. The Labute approximate surface area is 141 Å². The maximum absolute atomic E-state index is 11.9. The van der Waals surface area contributed by atoms with Crippen molar-refractivity contribution in [2.75, 3.05) is 20.3 Å². The second kappa shape index (κ2) is 6.44. The van der Waals surface area contributed by atoms with E-state index in [-0.39, 0.29) is 34.8 Å². The number of methoxy groups -OCH3 is 1. The number of ether oxygens (including phenoxy) is 1. The molecule has 0 radical (unpaired) electrons. The number of nitrogens with one attached hydrogen (secondary N) is 1. The van der Waals surface area contributed by atoms with Gasteiger partial charge in [0, 0.05) is 31.8 Å². The van der Waals surface area contributed by atoms with Crippen LogP contribution in [0.25, 0.3) is 0 Å². The van der Waals surface area contributed by atoms with Crippen molar-refractivity contribution in [2.24, 2.45) is 11.8 Å². The summed E-state index contributed by atoms with van der Waals surface area (Å²) in [6.07, 6.45) is 1.70. The quantitative estimate of drug-likeness (QED) is 0.723. The summed E-state index contributed by atoms with van der Waals surface area (Å²) in [4.78, 5) is 13.8. The van der Waals surface area contributed by atoms with E-state index in [4.69, 9.17) is 33.0 Å². The summed E-state index contributed by atoms with van der Waals surface area (Å²) in [5, 5.41) is 12.5. The average Bonchev–Trinajstić information content (AvgIpc) is 2.86. The molecule has 2 aliphatic heterocycles. The van der Waals surface area contributed by atoms with Gasteiger partial charge in [0.1, 0.15) is 6.61 Å². The number of nitrogens with zero attached hydrogens (tertiary/aromatic N) is 1. The second-order valence-electron chi connectivity index (χ2n) is 6.81. The molecule has 2 N–H and O–H groups in total. The van der Waals surface area contributed by atoms with Crippen molar-refractivity contribution in [1.82, 2.24) is 10.2 Å². The maximum atomic E-state index is 11.9. The molecule has 3 fully saturated rings. The number of alkyl halides is 2. The van der Waals surface area contributed by atoms with Gasteiger partial charge in [-0.25, -0.2) is 0 Å². The van der Waals surface area contributed by atoms with Gasteiger partial charge in [-0.2, -0.15) is 0 Å². The zero-order valence-electron chi connectivity index (χ0n) is 12.9. The number of carbonyl (C=O) groups is 1. The van der Waals surface area contributed by atoms with E-state index < -0.39 is 6.61 Å². The molecule has 5 nitrogen and oxygen atoms in total. The lowest BCUT2D eigenvalue weighted by atomic mass is 9.74. The highest BCUT2D eigenvalue weighted by Gasteiger charge is 2.54. The van der Waals surface area contributed by atoms with Crippen LogP contribution in [0.4, 0.5) is 0 Å². The Morgan fingerprint density at radius 2 is 2.05 bits per heavy atom. The van der Waals surface area contributed by atoms with Crippen LogP contribution >= 0.6 is 23.2 Å². The third-order valence-electron chi connectivity index (χ3n) is 5.73. The summed E-state index contributed by atoms with van der Waals surface area (Å²) in [5.41, 5.74) is 0. The zero-order valence-corrected chi connectivity index (χ0v) is 14.4. The van der Waals surface area contributed by atoms with E-state index in [1.165, 1.54) is 0 Å². The van der Waals surface area contributed by atoms with Crippen molar-refractivity contribution in [3.05, 3.63) is 0 Å². The number of carbonyl (C=O) groups excluding carboxylic acids is 1. The van der Waals surface area contributed by atoms with Gasteiger partial charge in [0.25, 0.3) is 0 Å². The monoisotopic (exact) mass is 350 g/mol. The minimum Gasteiger partial charge on any atom is -0.387 e. The summed E-state index contributed by atoms with van der Waals surface area (Å²) in [6.45, 7) is 2.28. The molecule has 0 aromatic heterocycles. The van der Waals surface area contributed by atoms with Gasteiger partial charge in [0.05, 0.1) is 16.9 Å². The molecule has 7 unspecified atom stereocenters. The Balaban J connectivity index is 1.79. The predicted octanol–water partition coefficient (Wildman–Crippen LogP) is 0.806. The topological polar surface area (TPSA) is 61.8 Å². The Hall–Kier alpha value is -0.0700. The maximum Gasteiger partial charge on any atom is 0.248 e. The number of amides is 1. The Morgan fingerprint density at radius 3 is 2.68 bits per heavy atom. The first-order valence-corrected chi connectivity index (χ1v) is 8.82. The molecule has 3 rings (SSSR count). The summed E-state index contributed by atoms with van der Waals surface area (Å²) >= 11 is 13.0. The fourth-order valence-electron chi connectivity index (χ4n) is 4.58. The first-order valence-electron chi connectivity index (χ1n) is 7.95. The van der Waals surface area contributed by atoms with Crippen molar-refractivity contribution in [1.29, 1.82) is 0 Å². The lowest BCUT2D eigenvalue weighted by molar-refractivity contribution is -0.139. The van der Waals surface area contributed by atoms with Crippen LogP contribution in [0.2, 0.25) is 0 Å². The number of rotatable bonds is 2. The van der Waals surface area contributed by atoms with Gasteiger partial charge in [-0.3, -0.25) is 4.79 Å². The van der Waals surface area contributed by atoms with Gasteiger partial charge in [0.2, 0.25) is 5.91 Å².